The summed E-state index contributed by atoms with van der Waals surface area (Å²) in [5.41, 5.74) is 7.23. The summed E-state index contributed by atoms with van der Waals surface area (Å²) in [4.78, 5) is 22.8. The highest BCUT2D eigenvalue weighted by Crippen LogP contribution is 2.16. The van der Waals surface area contributed by atoms with E-state index in [9.17, 15) is 9.59 Å². The van der Waals surface area contributed by atoms with E-state index in [1.807, 2.05) is 24.3 Å². The predicted octanol–water partition coefficient (Wildman–Crippen LogP) is 2.76. The Kier molecular flexibility index (Phi) is 5.57. The third kappa shape index (κ3) is 5.35. The van der Waals surface area contributed by atoms with Gasteiger partial charge in [0.2, 0.25) is 5.91 Å². The Morgan fingerprint density at radius 1 is 1.04 bits per heavy atom. The summed E-state index contributed by atoms with van der Waals surface area (Å²) in [7, 11) is 1.61. The van der Waals surface area contributed by atoms with Gasteiger partial charge >= 0.3 is 6.03 Å². The van der Waals surface area contributed by atoms with Crippen molar-refractivity contribution in [1.29, 1.82) is 0 Å². The van der Waals surface area contributed by atoms with Crippen LogP contribution in [0.15, 0.2) is 48.5 Å². The lowest BCUT2D eigenvalue weighted by Gasteiger charge is -2.08. The van der Waals surface area contributed by atoms with Crippen molar-refractivity contribution in [2.75, 3.05) is 17.7 Å². The minimum absolute atomic E-state index is 0.107. The number of urea groups is 1. The lowest BCUT2D eigenvalue weighted by molar-refractivity contribution is -0.116. The highest BCUT2D eigenvalue weighted by molar-refractivity contribution is 5.93. The number of nitrogens with one attached hydrogen (secondary N) is 2. The molecule has 0 aliphatic carbocycles. The number of benzene rings is 2. The molecule has 2 aromatic carbocycles. The van der Waals surface area contributed by atoms with Crippen molar-refractivity contribution in [3.63, 3.8) is 0 Å². The van der Waals surface area contributed by atoms with Crippen LogP contribution in [0.1, 0.15) is 12.0 Å². The van der Waals surface area contributed by atoms with Crippen molar-refractivity contribution in [2.24, 2.45) is 5.73 Å². The lowest BCUT2D eigenvalue weighted by atomic mass is 10.1. The third-order valence-corrected chi connectivity index (χ3v) is 3.19. The lowest BCUT2D eigenvalue weighted by Crippen LogP contribution is -2.19. The molecule has 0 fully saturated rings. The van der Waals surface area contributed by atoms with Gasteiger partial charge in [-0.15, -0.1) is 0 Å². The molecule has 0 aromatic heterocycles. The van der Waals surface area contributed by atoms with E-state index >= 15 is 0 Å². The average Bonchev–Trinajstić information content (AvgIpc) is 2.53. The molecule has 6 heteroatoms. The number of methoxy groups -OCH3 is 1. The third-order valence-electron chi connectivity index (χ3n) is 3.19. The van der Waals surface area contributed by atoms with Gasteiger partial charge in [0.05, 0.1) is 7.11 Å². The summed E-state index contributed by atoms with van der Waals surface area (Å²) >= 11 is 0. The fraction of sp³-hybridized carbons (Fsp3) is 0.176. The first kappa shape index (κ1) is 16.4. The van der Waals surface area contributed by atoms with Crippen molar-refractivity contribution >= 4 is 23.3 Å². The van der Waals surface area contributed by atoms with Gasteiger partial charge in [-0.1, -0.05) is 18.2 Å². The highest BCUT2D eigenvalue weighted by atomic mass is 16.5. The standard InChI is InChI=1S/C17H19N3O3/c1-23-15-7-2-4-12(10-15)8-9-16(21)19-13-5-3-6-14(11-13)20-17(18)22/h2-7,10-11H,8-9H2,1H3,(H,19,21)(H3,18,20,22). The molecule has 0 bridgehead atoms. The van der Waals surface area contributed by atoms with Gasteiger partial charge in [-0.05, 0) is 42.3 Å². The minimum Gasteiger partial charge on any atom is -0.497 e. The number of carbonyl (C=O) groups excluding carboxylic acids is 2. The number of hydrogen-bond acceptors (Lipinski definition) is 3. The molecule has 0 radical (unpaired) electrons. The molecule has 0 aliphatic rings. The number of hydrogen-bond donors (Lipinski definition) is 3. The number of nitrogens with two attached hydrogens (primary N) is 1. The molecule has 0 atom stereocenters. The number of carbonyl (C=O) groups is 2. The monoisotopic (exact) mass is 313 g/mol. The van der Waals surface area contributed by atoms with Gasteiger partial charge in [0.1, 0.15) is 5.75 Å². The van der Waals surface area contributed by atoms with Gasteiger partial charge in [-0.3, -0.25) is 4.79 Å². The Morgan fingerprint density at radius 2 is 1.74 bits per heavy atom. The molecular formula is C17H19N3O3. The molecule has 0 aliphatic heterocycles. The van der Waals surface area contributed by atoms with E-state index < -0.39 is 6.03 Å². The van der Waals surface area contributed by atoms with E-state index in [-0.39, 0.29) is 5.91 Å². The highest BCUT2D eigenvalue weighted by Gasteiger charge is 2.05. The molecule has 6 nitrogen and oxygen atoms in total. The van der Waals surface area contributed by atoms with E-state index in [1.54, 1.807) is 31.4 Å². The number of anilines is 2. The second kappa shape index (κ2) is 7.84. The van der Waals surface area contributed by atoms with Gasteiger partial charge in [-0.2, -0.15) is 0 Å². The molecule has 23 heavy (non-hydrogen) atoms. The van der Waals surface area contributed by atoms with E-state index in [0.29, 0.717) is 24.2 Å². The van der Waals surface area contributed by atoms with E-state index in [1.165, 1.54) is 0 Å². The normalized spacial score (nSPS) is 9.96. The van der Waals surface area contributed by atoms with Crippen molar-refractivity contribution < 1.29 is 14.3 Å². The fourth-order valence-corrected chi connectivity index (χ4v) is 2.13. The molecule has 4 N–H and O–H groups in total. The first-order chi connectivity index (χ1) is 11.1. The van der Waals surface area contributed by atoms with Crippen LogP contribution in [0.5, 0.6) is 5.75 Å². The predicted molar refractivity (Wildman–Crippen MR) is 89.6 cm³/mol. The van der Waals surface area contributed by atoms with Crippen molar-refractivity contribution in [3.8, 4) is 5.75 Å². The van der Waals surface area contributed by atoms with Crippen LogP contribution in [0, 0.1) is 0 Å². The Bertz CT molecular complexity index is 701. The van der Waals surface area contributed by atoms with Crippen LogP contribution in [0.3, 0.4) is 0 Å². The summed E-state index contributed by atoms with van der Waals surface area (Å²) in [6.45, 7) is 0. The Morgan fingerprint density at radius 3 is 2.43 bits per heavy atom. The van der Waals surface area contributed by atoms with Crippen molar-refractivity contribution in [1.82, 2.24) is 0 Å². The van der Waals surface area contributed by atoms with Crippen LogP contribution in [0.25, 0.3) is 0 Å². The van der Waals surface area contributed by atoms with Crippen LogP contribution >= 0.6 is 0 Å². The summed E-state index contributed by atoms with van der Waals surface area (Å²) in [6.07, 6.45) is 0.961. The maximum absolute atomic E-state index is 12.0. The summed E-state index contributed by atoms with van der Waals surface area (Å²) in [5.74, 6) is 0.664. The largest absolute Gasteiger partial charge is 0.497 e. The number of ether oxygens (including phenoxy) is 1. The molecule has 3 amide bonds. The second-order valence-electron chi connectivity index (χ2n) is 4.97. The number of primary amides is 1. The Hall–Kier alpha value is -3.02. The minimum atomic E-state index is -0.647. The first-order valence-electron chi connectivity index (χ1n) is 7.16. The van der Waals surface area contributed by atoms with Gasteiger partial charge < -0.3 is 21.1 Å². The van der Waals surface area contributed by atoms with Crippen LogP contribution in [-0.2, 0) is 11.2 Å². The SMILES string of the molecule is COc1cccc(CCC(=O)Nc2cccc(NC(N)=O)c2)c1. The summed E-state index contributed by atoms with van der Waals surface area (Å²) in [5, 5.41) is 5.25. The molecule has 0 saturated carbocycles. The smallest absolute Gasteiger partial charge is 0.316 e. The molecule has 2 rings (SSSR count). The van der Waals surface area contributed by atoms with Crippen molar-refractivity contribution in [2.45, 2.75) is 12.8 Å². The first-order valence-corrected chi connectivity index (χ1v) is 7.16. The maximum Gasteiger partial charge on any atom is 0.316 e. The van der Waals surface area contributed by atoms with Crippen LogP contribution in [0.4, 0.5) is 16.2 Å². The van der Waals surface area contributed by atoms with Crippen LogP contribution < -0.4 is 21.1 Å². The molecule has 2 aromatic rings. The number of rotatable bonds is 6. The van der Waals surface area contributed by atoms with Gasteiger partial charge in [0.15, 0.2) is 0 Å². The van der Waals surface area contributed by atoms with Crippen LogP contribution in [-0.4, -0.2) is 19.0 Å². The molecule has 0 unspecified atom stereocenters. The fourth-order valence-electron chi connectivity index (χ4n) is 2.13. The Balaban J connectivity index is 1.90. The number of aryl methyl sites for hydroxylation is 1. The topological polar surface area (TPSA) is 93.4 Å². The van der Waals surface area contributed by atoms with E-state index in [4.69, 9.17) is 10.5 Å². The molecule has 120 valence electrons. The molecule has 0 heterocycles. The molecular weight excluding hydrogens is 294 g/mol. The maximum atomic E-state index is 12.0. The molecule has 0 saturated heterocycles. The zero-order valence-corrected chi connectivity index (χ0v) is 12.8. The average molecular weight is 313 g/mol. The second-order valence-corrected chi connectivity index (χ2v) is 4.97. The van der Waals surface area contributed by atoms with E-state index in [0.717, 1.165) is 11.3 Å². The molecule has 0 spiro atoms. The zero-order chi connectivity index (χ0) is 16.7. The summed E-state index contributed by atoms with van der Waals surface area (Å²) < 4.78 is 5.16. The zero-order valence-electron chi connectivity index (χ0n) is 12.8. The van der Waals surface area contributed by atoms with Gasteiger partial charge in [0.25, 0.3) is 0 Å². The van der Waals surface area contributed by atoms with E-state index in [2.05, 4.69) is 10.6 Å². The van der Waals surface area contributed by atoms with Gasteiger partial charge in [-0.25, -0.2) is 4.79 Å². The van der Waals surface area contributed by atoms with Crippen LogP contribution in [0.2, 0.25) is 0 Å². The quantitative estimate of drug-likeness (QED) is 0.765. The van der Waals surface area contributed by atoms with Crippen molar-refractivity contribution in [3.05, 3.63) is 54.1 Å². The number of amides is 3. The Labute approximate surface area is 134 Å². The van der Waals surface area contributed by atoms with Gasteiger partial charge in [0, 0.05) is 17.8 Å². The summed E-state index contributed by atoms with van der Waals surface area (Å²) in [6, 6.07) is 13.8.